The number of nitrogens with one attached hydrogen (secondary N) is 2. The molecular formula is C24H29N7O5S3. The molecule has 2 aliphatic heterocycles. The third-order valence-electron chi connectivity index (χ3n) is 6.97. The largest absolute Gasteiger partial charge is 0.409 e. The lowest BCUT2D eigenvalue weighted by molar-refractivity contribution is -0.121. The Kier molecular flexibility index (Phi) is 7.61. The number of rotatable bonds is 6. The van der Waals surface area contributed by atoms with Crippen LogP contribution in [-0.4, -0.2) is 84.2 Å². The number of hydrogen-bond donors (Lipinski definition) is 4. The smallest absolute Gasteiger partial charge is 0.283 e. The van der Waals surface area contributed by atoms with Gasteiger partial charge in [-0.1, -0.05) is 5.16 Å². The number of aromatic nitrogens is 1. The van der Waals surface area contributed by atoms with Crippen molar-refractivity contribution in [1.82, 2.24) is 24.8 Å². The van der Waals surface area contributed by atoms with Crippen LogP contribution in [0.5, 0.6) is 0 Å². The van der Waals surface area contributed by atoms with Crippen LogP contribution >= 0.6 is 22.7 Å². The van der Waals surface area contributed by atoms with Crippen molar-refractivity contribution < 1.29 is 23.2 Å². The molecule has 15 heteroatoms. The van der Waals surface area contributed by atoms with Crippen molar-refractivity contribution in [2.24, 2.45) is 10.9 Å². The summed E-state index contributed by atoms with van der Waals surface area (Å²) in [5.74, 6) is -0.645. The molecule has 2 unspecified atom stereocenters. The maximum absolute atomic E-state index is 13.7. The van der Waals surface area contributed by atoms with Crippen LogP contribution in [0, 0.1) is 0 Å². The van der Waals surface area contributed by atoms with Gasteiger partial charge in [-0.25, -0.2) is 13.4 Å². The molecule has 5 rings (SSSR count). The second-order valence-corrected chi connectivity index (χ2v) is 13.9. The molecule has 3 aromatic rings. The van der Waals surface area contributed by atoms with Crippen LogP contribution in [0.25, 0.3) is 10.1 Å². The van der Waals surface area contributed by atoms with Gasteiger partial charge in [0, 0.05) is 67.3 Å². The quantitative estimate of drug-likeness (QED) is 0.143. The van der Waals surface area contributed by atoms with Crippen molar-refractivity contribution in [3.05, 3.63) is 45.4 Å². The highest BCUT2D eigenvalue weighted by atomic mass is 32.2. The Balaban J connectivity index is 1.40. The molecule has 2 amide bonds. The molecule has 12 nitrogen and oxygen atoms in total. The average Bonchev–Trinajstić information content (AvgIpc) is 3.56. The first-order valence-electron chi connectivity index (χ1n) is 12.4. The summed E-state index contributed by atoms with van der Waals surface area (Å²) in [4.78, 5) is 33.1. The Bertz CT molecular complexity index is 1570. The zero-order valence-corrected chi connectivity index (χ0v) is 23.8. The van der Waals surface area contributed by atoms with Gasteiger partial charge in [-0.2, -0.15) is 4.31 Å². The van der Waals surface area contributed by atoms with E-state index in [1.807, 2.05) is 0 Å². The molecule has 39 heavy (non-hydrogen) atoms. The van der Waals surface area contributed by atoms with Gasteiger partial charge in [0.25, 0.3) is 15.9 Å². The molecule has 5 N–H and O–H groups in total. The Labute approximate surface area is 233 Å². The highest BCUT2D eigenvalue weighted by Crippen LogP contribution is 2.33. The lowest BCUT2D eigenvalue weighted by Crippen LogP contribution is -2.57. The molecule has 208 valence electrons. The van der Waals surface area contributed by atoms with Crippen LogP contribution in [0.2, 0.25) is 0 Å². The van der Waals surface area contributed by atoms with Gasteiger partial charge in [-0.05, 0) is 36.6 Å². The Morgan fingerprint density at radius 1 is 1.28 bits per heavy atom. The highest BCUT2D eigenvalue weighted by molar-refractivity contribution is 7.91. The fraction of sp³-hybridized carbons (Fsp3) is 0.417. The second kappa shape index (κ2) is 10.8. The molecule has 0 aliphatic carbocycles. The number of thiophene rings is 1. The minimum absolute atomic E-state index is 0.0191. The predicted molar refractivity (Wildman–Crippen MR) is 149 cm³/mol. The van der Waals surface area contributed by atoms with E-state index < -0.39 is 16.1 Å². The molecule has 1 saturated heterocycles. The van der Waals surface area contributed by atoms with Gasteiger partial charge in [0.1, 0.15) is 4.21 Å². The summed E-state index contributed by atoms with van der Waals surface area (Å²) in [6, 6.07) is 6.22. The van der Waals surface area contributed by atoms with E-state index in [1.54, 1.807) is 29.2 Å². The minimum atomic E-state index is -3.91. The topological polar surface area (TPSA) is 170 Å². The number of fused-ring (bicyclic) bond motifs is 2. The standard InChI is InChI=1S/C24H29N7O5S3/c1-13-7-17-19(11-27-13)38-23(28-17)24(33)31-6-5-30(12-16(31)10-20(32)26-2)39(35,36)21-9-15-8-14(22(25)29-34)3-4-18(15)37-21/h3-4,8-9,13,16,27,34H,5-7,10-12H2,1-2H3,(H2,25,29)(H,26,32). The average molecular weight is 592 g/mol. The number of carbonyl (C=O) groups excluding carboxylic acids is 2. The van der Waals surface area contributed by atoms with Gasteiger partial charge >= 0.3 is 0 Å². The van der Waals surface area contributed by atoms with Gasteiger partial charge in [0.15, 0.2) is 10.8 Å². The van der Waals surface area contributed by atoms with E-state index in [9.17, 15) is 18.0 Å². The maximum Gasteiger partial charge on any atom is 0.283 e. The number of hydrogen-bond acceptors (Lipinski definition) is 10. The van der Waals surface area contributed by atoms with Crippen molar-refractivity contribution in [3.63, 3.8) is 0 Å². The van der Waals surface area contributed by atoms with Gasteiger partial charge in [0.05, 0.1) is 11.7 Å². The Morgan fingerprint density at radius 2 is 2.08 bits per heavy atom. The molecule has 1 fully saturated rings. The number of carbonyl (C=O) groups is 2. The zero-order valence-electron chi connectivity index (χ0n) is 21.4. The van der Waals surface area contributed by atoms with Crippen LogP contribution in [0.1, 0.15) is 39.3 Å². The number of nitrogens with zero attached hydrogens (tertiary/aromatic N) is 4. The molecule has 0 radical (unpaired) electrons. The van der Waals surface area contributed by atoms with E-state index in [-0.39, 0.29) is 54.0 Å². The fourth-order valence-electron chi connectivity index (χ4n) is 4.82. The summed E-state index contributed by atoms with van der Waals surface area (Å²) < 4.78 is 29.5. The highest BCUT2D eigenvalue weighted by Gasteiger charge is 2.39. The van der Waals surface area contributed by atoms with E-state index in [0.717, 1.165) is 33.0 Å². The molecule has 0 saturated carbocycles. The van der Waals surface area contributed by atoms with Crippen LogP contribution < -0.4 is 16.4 Å². The van der Waals surface area contributed by atoms with Crippen molar-refractivity contribution in [2.75, 3.05) is 26.7 Å². The van der Waals surface area contributed by atoms with E-state index >= 15 is 0 Å². The number of piperazine rings is 1. The van der Waals surface area contributed by atoms with Crippen molar-refractivity contribution >= 4 is 60.4 Å². The minimum Gasteiger partial charge on any atom is -0.409 e. The first-order chi connectivity index (χ1) is 18.6. The molecule has 2 atom stereocenters. The van der Waals surface area contributed by atoms with Crippen molar-refractivity contribution in [3.8, 4) is 0 Å². The maximum atomic E-state index is 13.7. The van der Waals surface area contributed by atoms with Gasteiger partial charge < -0.3 is 26.5 Å². The number of oxime groups is 1. The SMILES string of the molecule is CNC(=O)CC1CN(S(=O)(=O)c2cc3cc(/C(N)=N/O)ccc3s2)CCN1C(=O)c1nc2c(s1)CNC(C)C2. The van der Waals surface area contributed by atoms with Crippen molar-refractivity contribution in [2.45, 2.75) is 42.6 Å². The molecule has 1 aromatic carbocycles. The van der Waals surface area contributed by atoms with Crippen LogP contribution in [0.4, 0.5) is 0 Å². The monoisotopic (exact) mass is 591 g/mol. The molecule has 0 bridgehead atoms. The summed E-state index contributed by atoms with van der Waals surface area (Å²) >= 11 is 2.47. The molecule has 0 spiro atoms. The van der Waals surface area contributed by atoms with E-state index in [1.165, 1.54) is 22.7 Å². The number of sulfonamides is 1. The first-order valence-corrected chi connectivity index (χ1v) is 15.4. The van der Waals surface area contributed by atoms with Gasteiger partial charge in [0.2, 0.25) is 5.91 Å². The van der Waals surface area contributed by atoms with E-state index in [0.29, 0.717) is 22.5 Å². The number of amides is 2. The number of benzene rings is 1. The Morgan fingerprint density at radius 3 is 2.82 bits per heavy atom. The first kappa shape index (κ1) is 27.5. The number of nitrogens with two attached hydrogens (primary N) is 1. The third-order valence-corrected chi connectivity index (χ3v) is 11.5. The normalized spacial score (nSPS) is 20.7. The van der Waals surface area contributed by atoms with Crippen molar-refractivity contribution in [1.29, 1.82) is 0 Å². The molecule has 4 heterocycles. The summed E-state index contributed by atoms with van der Waals surface area (Å²) in [5, 5.41) is 18.9. The van der Waals surface area contributed by atoms with Crippen LogP contribution in [-0.2, 0) is 27.8 Å². The van der Waals surface area contributed by atoms with Gasteiger partial charge in [-0.3, -0.25) is 9.59 Å². The summed E-state index contributed by atoms with van der Waals surface area (Å²) in [6.07, 6.45) is 0.705. The van der Waals surface area contributed by atoms with Crippen LogP contribution in [0.3, 0.4) is 0 Å². The molecule has 2 aromatic heterocycles. The van der Waals surface area contributed by atoms with E-state index in [4.69, 9.17) is 10.9 Å². The third kappa shape index (κ3) is 5.36. The lowest BCUT2D eigenvalue weighted by Gasteiger charge is -2.40. The van der Waals surface area contributed by atoms with E-state index in [2.05, 4.69) is 27.7 Å². The lowest BCUT2D eigenvalue weighted by atomic mass is 10.1. The Hall–Kier alpha value is -3.11. The summed E-state index contributed by atoms with van der Waals surface area (Å²) in [5.41, 5.74) is 7.07. The number of amidine groups is 1. The molecule has 2 aliphatic rings. The predicted octanol–water partition coefficient (Wildman–Crippen LogP) is 1.14. The van der Waals surface area contributed by atoms with Gasteiger partial charge in [-0.15, -0.1) is 22.7 Å². The summed E-state index contributed by atoms with van der Waals surface area (Å²) in [7, 11) is -2.40. The number of thiazole rings is 1. The summed E-state index contributed by atoms with van der Waals surface area (Å²) in [6.45, 7) is 2.93. The fourth-order valence-corrected chi connectivity index (χ4v) is 8.82. The second-order valence-electron chi connectivity index (χ2n) is 9.57. The molecular weight excluding hydrogens is 563 g/mol. The van der Waals surface area contributed by atoms with Crippen LogP contribution in [0.15, 0.2) is 33.6 Å². The zero-order chi connectivity index (χ0) is 27.9.